The summed E-state index contributed by atoms with van der Waals surface area (Å²) in [7, 11) is 0. The van der Waals surface area contributed by atoms with Gasteiger partial charge in [0.25, 0.3) is 0 Å². The Balaban J connectivity index is 2.46. The molecule has 1 aliphatic carbocycles. The minimum atomic E-state index is 0.461. The highest BCUT2D eigenvalue weighted by molar-refractivity contribution is 4.86. The molecule has 0 spiro atoms. The maximum Gasteiger partial charge on any atom is 0.0113 e. The van der Waals surface area contributed by atoms with Crippen LogP contribution in [0, 0.1) is 0 Å². The van der Waals surface area contributed by atoms with Gasteiger partial charge in [-0.2, -0.15) is 0 Å². The van der Waals surface area contributed by atoms with E-state index in [-0.39, 0.29) is 0 Å². The first-order valence-electron chi connectivity index (χ1n) is 5.70. The topological polar surface area (TPSA) is 29.3 Å². The van der Waals surface area contributed by atoms with E-state index in [1.165, 1.54) is 32.2 Å². The van der Waals surface area contributed by atoms with Crippen LogP contribution in [0.5, 0.6) is 0 Å². The maximum atomic E-state index is 5.93. The van der Waals surface area contributed by atoms with Crippen molar-refractivity contribution in [2.75, 3.05) is 6.54 Å². The molecule has 2 N–H and O–H groups in total. The maximum absolute atomic E-state index is 5.93. The second-order valence-corrected chi connectivity index (χ2v) is 4.31. The Bertz CT molecular complexity index is 147. The van der Waals surface area contributed by atoms with E-state index < -0.39 is 0 Å². The third-order valence-electron chi connectivity index (χ3n) is 3.44. The molecule has 1 aliphatic rings. The zero-order chi connectivity index (χ0) is 9.84. The molecule has 0 radical (unpaired) electrons. The van der Waals surface area contributed by atoms with E-state index in [4.69, 9.17) is 5.73 Å². The van der Waals surface area contributed by atoms with Gasteiger partial charge in [-0.3, -0.25) is 4.90 Å². The quantitative estimate of drug-likeness (QED) is 0.724. The lowest BCUT2D eigenvalue weighted by Gasteiger charge is -2.33. The van der Waals surface area contributed by atoms with Crippen LogP contribution in [0.4, 0.5) is 0 Å². The average molecular weight is 184 g/mol. The van der Waals surface area contributed by atoms with Crippen molar-refractivity contribution in [1.82, 2.24) is 4.90 Å². The second-order valence-electron chi connectivity index (χ2n) is 4.31. The minimum absolute atomic E-state index is 0.461. The molecular formula is C11H24N2. The normalized spacial score (nSPS) is 31.2. The molecule has 1 fully saturated rings. The van der Waals surface area contributed by atoms with Crippen LogP contribution in [0.15, 0.2) is 0 Å². The van der Waals surface area contributed by atoms with Crippen LogP contribution >= 0.6 is 0 Å². The van der Waals surface area contributed by atoms with Crippen molar-refractivity contribution in [1.29, 1.82) is 0 Å². The molecule has 78 valence electrons. The Morgan fingerprint density at radius 3 is 2.46 bits per heavy atom. The van der Waals surface area contributed by atoms with Crippen molar-refractivity contribution < 1.29 is 0 Å². The summed E-state index contributed by atoms with van der Waals surface area (Å²) in [5, 5.41) is 0. The molecule has 0 aliphatic heterocycles. The van der Waals surface area contributed by atoms with Crippen molar-refractivity contribution in [2.24, 2.45) is 5.73 Å². The van der Waals surface area contributed by atoms with Crippen LogP contribution in [0.2, 0.25) is 0 Å². The molecule has 0 heterocycles. The first-order valence-corrected chi connectivity index (χ1v) is 5.70. The predicted molar refractivity (Wildman–Crippen MR) is 57.7 cm³/mol. The molecule has 0 saturated heterocycles. The fourth-order valence-electron chi connectivity index (χ4n) is 2.46. The Kier molecular flexibility index (Phi) is 4.20. The molecule has 0 aromatic heterocycles. The molecule has 2 nitrogen and oxygen atoms in total. The number of hydrogen-bond acceptors (Lipinski definition) is 2. The highest BCUT2D eigenvalue weighted by Crippen LogP contribution is 2.24. The van der Waals surface area contributed by atoms with Gasteiger partial charge >= 0.3 is 0 Å². The van der Waals surface area contributed by atoms with E-state index >= 15 is 0 Å². The van der Waals surface area contributed by atoms with Gasteiger partial charge in [-0.25, -0.2) is 0 Å². The average Bonchev–Trinajstić information content (AvgIpc) is 2.53. The summed E-state index contributed by atoms with van der Waals surface area (Å²) in [5.74, 6) is 0. The SMILES string of the molecule is CCC(C)N(CC)C1CCC(N)C1. The van der Waals surface area contributed by atoms with Crippen LogP contribution in [0.25, 0.3) is 0 Å². The van der Waals surface area contributed by atoms with E-state index in [2.05, 4.69) is 25.7 Å². The number of nitrogens with two attached hydrogens (primary N) is 1. The third-order valence-corrected chi connectivity index (χ3v) is 3.44. The van der Waals surface area contributed by atoms with Gasteiger partial charge in [-0.1, -0.05) is 13.8 Å². The highest BCUT2D eigenvalue weighted by Gasteiger charge is 2.28. The number of rotatable bonds is 4. The van der Waals surface area contributed by atoms with Crippen LogP contribution in [0.3, 0.4) is 0 Å². The number of hydrogen-bond donors (Lipinski definition) is 1. The lowest BCUT2D eigenvalue weighted by Crippen LogP contribution is -2.40. The van der Waals surface area contributed by atoms with Crippen molar-refractivity contribution in [2.45, 2.75) is 64.6 Å². The molecule has 0 aromatic rings. The van der Waals surface area contributed by atoms with Gasteiger partial charge in [-0.15, -0.1) is 0 Å². The summed E-state index contributed by atoms with van der Waals surface area (Å²) in [6, 6.07) is 1.94. The molecule has 2 heteroatoms. The first kappa shape index (κ1) is 11.0. The molecule has 13 heavy (non-hydrogen) atoms. The van der Waals surface area contributed by atoms with Gasteiger partial charge in [0.05, 0.1) is 0 Å². The van der Waals surface area contributed by atoms with Crippen molar-refractivity contribution in [3.05, 3.63) is 0 Å². The van der Waals surface area contributed by atoms with Gasteiger partial charge < -0.3 is 5.73 Å². The Labute approximate surface area is 82.5 Å². The van der Waals surface area contributed by atoms with E-state index in [0.29, 0.717) is 6.04 Å². The molecular weight excluding hydrogens is 160 g/mol. The Morgan fingerprint density at radius 2 is 2.08 bits per heavy atom. The van der Waals surface area contributed by atoms with E-state index in [0.717, 1.165) is 12.1 Å². The monoisotopic (exact) mass is 184 g/mol. The van der Waals surface area contributed by atoms with Crippen LogP contribution in [-0.2, 0) is 0 Å². The molecule has 0 amide bonds. The van der Waals surface area contributed by atoms with Crippen LogP contribution in [-0.4, -0.2) is 29.6 Å². The summed E-state index contributed by atoms with van der Waals surface area (Å²) in [4.78, 5) is 2.62. The van der Waals surface area contributed by atoms with Gasteiger partial charge in [0.1, 0.15) is 0 Å². The number of nitrogens with zero attached hydrogens (tertiary/aromatic N) is 1. The van der Waals surface area contributed by atoms with Crippen molar-refractivity contribution in [3.63, 3.8) is 0 Å². The highest BCUT2D eigenvalue weighted by atomic mass is 15.2. The molecule has 1 saturated carbocycles. The molecule has 3 unspecified atom stereocenters. The van der Waals surface area contributed by atoms with Gasteiger partial charge in [-0.05, 0) is 39.2 Å². The smallest absolute Gasteiger partial charge is 0.0113 e. The minimum Gasteiger partial charge on any atom is -0.328 e. The van der Waals surface area contributed by atoms with E-state index in [1.54, 1.807) is 0 Å². The van der Waals surface area contributed by atoms with Gasteiger partial charge in [0, 0.05) is 18.1 Å². The largest absolute Gasteiger partial charge is 0.328 e. The summed E-state index contributed by atoms with van der Waals surface area (Å²) in [6.45, 7) is 8.03. The predicted octanol–water partition coefficient (Wildman–Crippen LogP) is 1.99. The van der Waals surface area contributed by atoms with Gasteiger partial charge in [0.15, 0.2) is 0 Å². The summed E-state index contributed by atoms with van der Waals surface area (Å²) in [5.41, 5.74) is 5.93. The summed E-state index contributed by atoms with van der Waals surface area (Å²) < 4.78 is 0. The Morgan fingerprint density at radius 1 is 1.38 bits per heavy atom. The molecule has 0 bridgehead atoms. The summed E-state index contributed by atoms with van der Waals surface area (Å²) in [6.07, 6.45) is 4.98. The van der Waals surface area contributed by atoms with Gasteiger partial charge in [0.2, 0.25) is 0 Å². The lowest BCUT2D eigenvalue weighted by atomic mass is 10.1. The molecule has 0 aromatic carbocycles. The second kappa shape index (κ2) is 4.97. The lowest BCUT2D eigenvalue weighted by molar-refractivity contribution is 0.149. The van der Waals surface area contributed by atoms with Crippen molar-refractivity contribution >= 4 is 0 Å². The fraction of sp³-hybridized carbons (Fsp3) is 1.00. The zero-order valence-corrected chi connectivity index (χ0v) is 9.29. The third kappa shape index (κ3) is 2.68. The van der Waals surface area contributed by atoms with Crippen molar-refractivity contribution in [3.8, 4) is 0 Å². The summed E-state index contributed by atoms with van der Waals surface area (Å²) >= 11 is 0. The zero-order valence-electron chi connectivity index (χ0n) is 9.29. The van der Waals surface area contributed by atoms with Crippen LogP contribution in [0.1, 0.15) is 46.5 Å². The Hall–Kier alpha value is -0.0800. The standard InChI is InChI=1S/C11H24N2/c1-4-9(3)13(5-2)11-7-6-10(12)8-11/h9-11H,4-8,12H2,1-3H3. The first-order chi connectivity index (χ1) is 6.19. The van der Waals surface area contributed by atoms with Crippen LogP contribution < -0.4 is 5.73 Å². The molecule has 3 atom stereocenters. The fourth-order valence-corrected chi connectivity index (χ4v) is 2.46. The van der Waals surface area contributed by atoms with E-state index in [9.17, 15) is 0 Å². The van der Waals surface area contributed by atoms with E-state index in [1.807, 2.05) is 0 Å². The molecule has 1 rings (SSSR count).